The van der Waals surface area contributed by atoms with Crippen LogP contribution < -0.4 is 5.32 Å². The molecule has 27 heavy (non-hydrogen) atoms. The molecule has 3 aliphatic rings. The van der Waals surface area contributed by atoms with Gasteiger partial charge in [0.25, 0.3) is 0 Å². The number of benzene rings is 1. The minimum absolute atomic E-state index is 0.752. The Kier molecular flexibility index (Phi) is 6.33. The monoisotopic (exact) mass is 368 g/mol. The number of guanidine groups is 1. The third kappa shape index (κ3) is 4.84. The van der Waals surface area contributed by atoms with Gasteiger partial charge in [-0.2, -0.15) is 0 Å². The van der Waals surface area contributed by atoms with Crippen LogP contribution in [0.3, 0.4) is 0 Å². The van der Waals surface area contributed by atoms with E-state index in [0.717, 1.165) is 30.3 Å². The van der Waals surface area contributed by atoms with Gasteiger partial charge in [-0.1, -0.05) is 43.2 Å². The Bertz CT molecular complexity index is 600. The van der Waals surface area contributed by atoms with Crippen molar-refractivity contribution >= 4 is 5.96 Å². The lowest BCUT2D eigenvalue weighted by molar-refractivity contribution is 0.299. The molecule has 3 fully saturated rings. The highest BCUT2D eigenvalue weighted by molar-refractivity contribution is 5.80. The van der Waals surface area contributed by atoms with Crippen LogP contribution in [0.4, 0.5) is 0 Å². The standard InChI is InChI=1S/C23H36N4/c1-24-23(27-17-21-9-5-6-10-22(21)18-27)25-15-20-12-14-26(16-20)13-11-19-7-3-2-4-8-19/h2-4,7-8,20-22H,5-6,9-18H2,1H3,(H,24,25). The second kappa shape index (κ2) is 9.09. The van der Waals surface area contributed by atoms with Crippen LogP contribution in [-0.4, -0.2) is 62.1 Å². The maximum absolute atomic E-state index is 4.60. The van der Waals surface area contributed by atoms with Gasteiger partial charge in [0.2, 0.25) is 0 Å². The summed E-state index contributed by atoms with van der Waals surface area (Å²) in [4.78, 5) is 9.76. The number of hydrogen-bond donors (Lipinski definition) is 1. The topological polar surface area (TPSA) is 30.9 Å². The maximum atomic E-state index is 4.60. The van der Waals surface area contributed by atoms with Crippen molar-refractivity contribution in [3.63, 3.8) is 0 Å². The molecule has 4 heteroatoms. The van der Waals surface area contributed by atoms with Crippen molar-refractivity contribution in [1.82, 2.24) is 15.1 Å². The number of aliphatic imine (C=N–C) groups is 1. The van der Waals surface area contributed by atoms with Gasteiger partial charge in [-0.15, -0.1) is 0 Å². The number of likely N-dealkylation sites (tertiary alicyclic amines) is 2. The van der Waals surface area contributed by atoms with Gasteiger partial charge in [0.15, 0.2) is 5.96 Å². The Morgan fingerprint density at radius 3 is 2.48 bits per heavy atom. The Hall–Kier alpha value is -1.55. The molecule has 0 amide bonds. The maximum Gasteiger partial charge on any atom is 0.193 e. The molecule has 1 saturated carbocycles. The van der Waals surface area contributed by atoms with Gasteiger partial charge in [0.1, 0.15) is 0 Å². The zero-order valence-corrected chi connectivity index (χ0v) is 16.9. The third-order valence-electron chi connectivity index (χ3n) is 6.97. The first-order valence-electron chi connectivity index (χ1n) is 11.0. The van der Waals surface area contributed by atoms with Crippen LogP contribution in [0.2, 0.25) is 0 Å². The fourth-order valence-electron chi connectivity index (χ4n) is 5.36. The average Bonchev–Trinajstić information content (AvgIpc) is 3.34. The van der Waals surface area contributed by atoms with Gasteiger partial charge >= 0.3 is 0 Å². The van der Waals surface area contributed by atoms with Crippen molar-refractivity contribution in [2.45, 2.75) is 38.5 Å². The molecule has 1 aliphatic carbocycles. The number of nitrogens with zero attached hydrogens (tertiary/aromatic N) is 3. The van der Waals surface area contributed by atoms with Crippen LogP contribution in [0.1, 0.15) is 37.7 Å². The predicted octanol–water partition coefficient (Wildman–Crippen LogP) is 3.25. The number of hydrogen-bond acceptors (Lipinski definition) is 2. The molecule has 0 bridgehead atoms. The summed E-state index contributed by atoms with van der Waals surface area (Å²) < 4.78 is 0. The van der Waals surface area contributed by atoms with Gasteiger partial charge in [-0.3, -0.25) is 4.99 Å². The van der Waals surface area contributed by atoms with E-state index in [-0.39, 0.29) is 0 Å². The summed E-state index contributed by atoms with van der Waals surface area (Å²) in [7, 11) is 1.95. The van der Waals surface area contributed by atoms with E-state index >= 15 is 0 Å². The highest BCUT2D eigenvalue weighted by Gasteiger charge is 2.35. The van der Waals surface area contributed by atoms with Crippen LogP contribution >= 0.6 is 0 Å². The lowest BCUT2D eigenvalue weighted by Gasteiger charge is -2.23. The smallest absolute Gasteiger partial charge is 0.193 e. The first kappa shape index (κ1) is 18.8. The van der Waals surface area contributed by atoms with E-state index in [1.165, 1.54) is 76.8 Å². The normalized spacial score (nSPS) is 29.1. The van der Waals surface area contributed by atoms with Crippen molar-refractivity contribution in [1.29, 1.82) is 0 Å². The molecule has 4 rings (SSSR count). The molecule has 4 nitrogen and oxygen atoms in total. The van der Waals surface area contributed by atoms with Crippen molar-refractivity contribution in [3.05, 3.63) is 35.9 Å². The molecular formula is C23H36N4. The van der Waals surface area contributed by atoms with E-state index in [0.29, 0.717) is 0 Å². The average molecular weight is 369 g/mol. The highest BCUT2D eigenvalue weighted by atomic mass is 15.3. The minimum atomic E-state index is 0.752. The molecule has 2 heterocycles. The SMILES string of the molecule is CN=C(NCC1CCN(CCc2ccccc2)C1)N1CC2CCCCC2C1. The van der Waals surface area contributed by atoms with Gasteiger partial charge in [-0.05, 0) is 55.5 Å². The Labute approximate surface area is 165 Å². The number of rotatable bonds is 5. The van der Waals surface area contributed by atoms with Gasteiger partial charge in [0, 0.05) is 39.8 Å². The second-order valence-corrected chi connectivity index (χ2v) is 8.83. The summed E-state index contributed by atoms with van der Waals surface area (Å²) in [6.07, 6.45) is 8.20. The molecule has 1 aromatic rings. The van der Waals surface area contributed by atoms with Crippen LogP contribution in [0.5, 0.6) is 0 Å². The van der Waals surface area contributed by atoms with Gasteiger partial charge < -0.3 is 15.1 Å². The number of fused-ring (bicyclic) bond motifs is 1. The molecule has 1 N–H and O–H groups in total. The summed E-state index contributed by atoms with van der Waals surface area (Å²) in [6, 6.07) is 10.9. The molecule has 2 aliphatic heterocycles. The van der Waals surface area contributed by atoms with E-state index < -0.39 is 0 Å². The Morgan fingerprint density at radius 1 is 1.04 bits per heavy atom. The van der Waals surface area contributed by atoms with Crippen molar-refractivity contribution in [2.75, 3.05) is 46.3 Å². The van der Waals surface area contributed by atoms with Crippen molar-refractivity contribution in [3.8, 4) is 0 Å². The lowest BCUT2D eigenvalue weighted by atomic mass is 9.82. The van der Waals surface area contributed by atoms with Crippen LogP contribution in [-0.2, 0) is 6.42 Å². The molecule has 0 spiro atoms. The summed E-state index contributed by atoms with van der Waals surface area (Å²) >= 11 is 0. The van der Waals surface area contributed by atoms with Crippen LogP contribution in [0.25, 0.3) is 0 Å². The summed E-state index contributed by atoms with van der Waals surface area (Å²) in [5, 5.41) is 3.71. The van der Waals surface area contributed by atoms with Crippen molar-refractivity contribution < 1.29 is 0 Å². The Balaban J connectivity index is 1.19. The van der Waals surface area contributed by atoms with E-state index in [1.54, 1.807) is 0 Å². The van der Waals surface area contributed by atoms with Gasteiger partial charge in [0.05, 0.1) is 0 Å². The highest BCUT2D eigenvalue weighted by Crippen LogP contribution is 2.35. The fraction of sp³-hybridized carbons (Fsp3) is 0.696. The third-order valence-corrected chi connectivity index (χ3v) is 6.97. The summed E-state index contributed by atoms with van der Waals surface area (Å²) in [5.74, 6) is 3.73. The quantitative estimate of drug-likeness (QED) is 0.639. The Morgan fingerprint density at radius 2 is 1.78 bits per heavy atom. The molecule has 2 saturated heterocycles. The minimum Gasteiger partial charge on any atom is -0.356 e. The predicted molar refractivity (Wildman–Crippen MR) is 113 cm³/mol. The molecule has 0 radical (unpaired) electrons. The van der Waals surface area contributed by atoms with E-state index in [2.05, 4.69) is 50.4 Å². The molecule has 3 unspecified atom stereocenters. The van der Waals surface area contributed by atoms with E-state index in [9.17, 15) is 0 Å². The molecule has 3 atom stereocenters. The van der Waals surface area contributed by atoms with Crippen LogP contribution in [0, 0.1) is 17.8 Å². The lowest BCUT2D eigenvalue weighted by Crippen LogP contribution is -2.42. The number of nitrogens with one attached hydrogen (secondary N) is 1. The van der Waals surface area contributed by atoms with Crippen molar-refractivity contribution in [2.24, 2.45) is 22.7 Å². The zero-order valence-electron chi connectivity index (χ0n) is 16.9. The zero-order chi connectivity index (χ0) is 18.5. The second-order valence-electron chi connectivity index (χ2n) is 8.83. The molecule has 148 valence electrons. The van der Waals surface area contributed by atoms with Gasteiger partial charge in [-0.25, -0.2) is 0 Å². The summed E-state index contributed by atoms with van der Waals surface area (Å²) in [5.41, 5.74) is 1.45. The summed E-state index contributed by atoms with van der Waals surface area (Å²) in [6.45, 7) is 7.16. The molecule has 0 aromatic heterocycles. The van der Waals surface area contributed by atoms with E-state index in [1.807, 2.05) is 7.05 Å². The van der Waals surface area contributed by atoms with E-state index in [4.69, 9.17) is 0 Å². The largest absolute Gasteiger partial charge is 0.356 e. The molecule has 1 aromatic carbocycles. The first-order valence-corrected chi connectivity index (χ1v) is 11.0. The fourth-order valence-corrected chi connectivity index (χ4v) is 5.36. The van der Waals surface area contributed by atoms with Crippen LogP contribution in [0.15, 0.2) is 35.3 Å². The molecular weight excluding hydrogens is 332 g/mol. The first-order chi connectivity index (χ1) is 13.3.